The molecule has 1 unspecified atom stereocenters. The van der Waals surface area contributed by atoms with Gasteiger partial charge in [0, 0.05) is 42.0 Å². The zero-order valence-electron chi connectivity index (χ0n) is 18.9. The second-order valence-corrected chi connectivity index (χ2v) is 7.69. The second-order valence-electron chi connectivity index (χ2n) is 7.69. The first-order valence-electron chi connectivity index (χ1n) is 10.7. The molecule has 9 nitrogen and oxygen atoms in total. The summed E-state index contributed by atoms with van der Waals surface area (Å²) in [6.45, 7) is 4.25. The van der Waals surface area contributed by atoms with Gasteiger partial charge in [0.05, 0.1) is 39.2 Å². The Morgan fingerprint density at radius 2 is 1.85 bits per heavy atom. The topological polar surface area (TPSA) is 109 Å². The van der Waals surface area contributed by atoms with E-state index in [-0.39, 0.29) is 5.75 Å². The van der Waals surface area contributed by atoms with Crippen molar-refractivity contribution in [3.63, 3.8) is 0 Å². The van der Waals surface area contributed by atoms with Crippen LogP contribution < -0.4 is 19.7 Å². The zero-order valence-corrected chi connectivity index (χ0v) is 18.9. The number of phenolic OH excluding ortho intramolecular Hbond substituents is 1. The Balaban J connectivity index is 1.77. The molecule has 0 aliphatic carbocycles. The van der Waals surface area contributed by atoms with Crippen LogP contribution in [0.1, 0.15) is 18.6 Å². The van der Waals surface area contributed by atoms with E-state index < -0.39 is 6.10 Å². The van der Waals surface area contributed by atoms with Gasteiger partial charge in [-0.25, -0.2) is 4.98 Å². The van der Waals surface area contributed by atoms with E-state index in [0.29, 0.717) is 66.5 Å². The molecule has 174 valence electrons. The number of nitrogens with one attached hydrogen (secondary N) is 1. The molecule has 1 atom stereocenters. The lowest BCUT2D eigenvalue weighted by Crippen LogP contribution is -2.37. The number of hydrogen-bond acceptors (Lipinski definition) is 9. The summed E-state index contributed by atoms with van der Waals surface area (Å²) in [5.74, 6) is 2.27. The van der Waals surface area contributed by atoms with Gasteiger partial charge in [0.15, 0.2) is 11.5 Å². The standard InChI is InChI=1S/C24H28N4O5/c1-15(29)19-12-17(13-21(31-2)23(19)32-3)25-22-14-20(16-5-4-6-18(30)11-16)26-24(27-22)28-7-9-33-10-8-28/h4-6,11-15,29-30H,7-10H2,1-3H3,(H,25,26,27). The van der Waals surface area contributed by atoms with Crippen molar-refractivity contribution in [1.82, 2.24) is 9.97 Å². The third-order valence-electron chi connectivity index (χ3n) is 5.38. The number of methoxy groups -OCH3 is 2. The van der Waals surface area contributed by atoms with Crippen molar-refractivity contribution in [3.05, 3.63) is 48.0 Å². The van der Waals surface area contributed by atoms with Gasteiger partial charge in [-0.2, -0.15) is 4.98 Å². The summed E-state index contributed by atoms with van der Waals surface area (Å²) in [4.78, 5) is 11.5. The molecule has 2 aromatic carbocycles. The molecule has 1 aliphatic heterocycles. The molecule has 1 fully saturated rings. The summed E-state index contributed by atoms with van der Waals surface area (Å²) in [7, 11) is 3.09. The van der Waals surface area contributed by atoms with Gasteiger partial charge >= 0.3 is 0 Å². The quantitative estimate of drug-likeness (QED) is 0.496. The molecule has 2 heterocycles. The normalized spacial score (nSPS) is 14.6. The van der Waals surface area contributed by atoms with Crippen molar-refractivity contribution in [3.8, 4) is 28.5 Å². The predicted octanol–water partition coefficient (Wildman–Crippen LogP) is 3.50. The van der Waals surface area contributed by atoms with Gasteiger partial charge < -0.3 is 34.6 Å². The number of aromatic hydroxyl groups is 1. The van der Waals surface area contributed by atoms with Crippen molar-refractivity contribution < 1.29 is 24.4 Å². The van der Waals surface area contributed by atoms with Crippen molar-refractivity contribution in [2.45, 2.75) is 13.0 Å². The van der Waals surface area contributed by atoms with Crippen molar-refractivity contribution in [2.24, 2.45) is 0 Å². The van der Waals surface area contributed by atoms with Crippen LogP contribution >= 0.6 is 0 Å². The lowest BCUT2D eigenvalue weighted by atomic mass is 10.1. The van der Waals surface area contributed by atoms with E-state index in [1.165, 1.54) is 7.11 Å². The van der Waals surface area contributed by atoms with Gasteiger partial charge in [0.2, 0.25) is 5.95 Å². The largest absolute Gasteiger partial charge is 0.508 e. The number of morpholine rings is 1. The van der Waals surface area contributed by atoms with E-state index in [9.17, 15) is 10.2 Å². The second kappa shape index (κ2) is 9.93. The molecule has 3 N–H and O–H groups in total. The lowest BCUT2D eigenvalue weighted by molar-refractivity contribution is 0.122. The maximum absolute atomic E-state index is 10.2. The molecule has 1 aromatic heterocycles. The van der Waals surface area contributed by atoms with Gasteiger partial charge in [-0.05, 0) is 25.1 Å². The van der Waals surface area contributed by atoms with Gasteiger partial charge in [-0.1, -0.05) is 12.1 Å². The molecule has 1 saturated heterocycles. The highest BCUT2D eigenvalue weighted by Crippen LogP contribution is 2.39. The third-order valence-corrected chi connectivity index (χ3v) is 5.38. The van der Waals surface area contributed by atoms with Crippen molar-refractivity contribution >= 4 is 17.5 Å². The maximum atomic E-state index is 10.2. The smallest absolute Gasteiger partial charge is 0.228 e. The number of phenols is 1. The fraction of sp³-hybridized carbons (Fsp3) is 0.333. The van der Waals surface area contributed by atoms with E-state index in [1.54, 1.807) is 44.4 Å². The molecule has 3 aromatic rings. The van der Waals surface area contributed by atoms with Crippen molar-refractivity contribution in [1.29, 1.82) is 0 Å². The summed E-state index contributed by atoms with van der Waals surface area (Å²) < 4.78 is 16.4. The summed E-state index contributed by atoms with van der Waals surface area (Å²) >= 11 is 0. The molecule has 4 rings (SSSR count). The SMILES string of the molecule is COc1cc(Nc2cc(-c3cccc(O)c3)nc(N3CCOCC3)n2)cc(C(C)O)c1OC. The fourth-order valence-electron chi connectivity index (χ4n) is 3.74. The molecular formula is C24H28N4O5. The molecule has 0 spiro atoms. The Kier molecular flexibility index (Phi) is 6.81. The van der Waals surface area contributed by atoms with E-state index >= 15 is 0 Å². The summed E-state index contributed by atoms with van der Waals surface area (Å²) in [5, 5.41) is 23.5. The molecule has 0 amide bonds. The van der Waals surface area contributed by atoms with Gasteiger partial charge in [-0.3, -0.25) is 0 Å². The maximum Gasteiger partial charge on any atom is 0.228 e. The summed E-state index contributed by atoms with van der Waals surface area (Å²) in [5.41, 5.74) is 2.71. The molecule has 0 radical (unpaired) electrons. The Morgan fingerprint density at radius 1 is 1.06 bits per heavy atom. The minimum atomic E-state index is -0.757. The average Bonchev–Trinajstić information content (AvgIpc) is 2.83. The third kappa shape index (κ3) is 5.10. The number of aliphatic hydroxyl groups excluding tert-OH is 1. The van der Waals surface area contributed by atoms with Crippen LogP contribution in [-0.4, -0.2) is 60.7 Å². The number of aromatic nitrogens is 2. The van der Waals surface area contributed by atoms with Crippen LogP contribution in [0.15, 0.2) is 42.5 Å². The molecule has 1 aliphatic rings. The van der Waals surface area contributed by atoms with Crippen LogP contribution in [0.25, 0.3) is 11.3 Å². The monoisotopic (exact) mass is 452 g/mol. The Hall–Kier alpha value is -3.56. The highest BCUT2D eigenvalue weighted by Gasteiger charge is 2.19. The molecule has 9 heteroatoms. The Labute approximate surface area is 192 Å². The van der Waals surface area contributed by atoms with Crippen molar-refractivity contribution in [2.75, 3.05) is 50.7 Å². The first-order chi connectivity index (χ1) is 16.0. The summed E-state index contributed by atoms with van der Waals surface area (Å²) in [6.07, 6.45) is -0.757. The molecule has 0 bridgehead atoms. The van der Waals surface area contributed by atoms with Gasteiger partial charge in [0.25, 0.3) is 0 Å². The number of ether oxygens (including phenoxy) is 3. The summed E-state index contributed by atoms with van der Waals surface area (Å²) in [6, 6.07) is 12.4. The minimum Gasteiger partial charge on any atom is -0.508 e. The average molecular weight is 453 g/mol. The minimum absolute atomic E-state index is 0.162. The fourth-order valence-corrected chi connectivity index (χ4v) is 3.74. The van der Waals surface area contributed by atoms with Crippen LogP contribution in [0.2, 0.25) is 0 Å². The van der Waals surface area contributed by atoms with Gasteiger partial charge in [-0.15, -0.1) is 0 Å². The predicted molar refractivity (Wildman–Crippen MR) is 126 cm³/mol. The van der Waals surface area contributed by atoms with Crippen LogP contribution in [-0.2, 0) is 4.74 Å². The number of benzene rings is 2. The lowest BCUT2D eigenvalue weighted by Gasteiger charge is -2.27. The first-order valence-corrected chi connectivity index (χ1v) is 10.7. The molecule has 33 heavy (non-hydrogen) atoms. The van der Waals surface area contributed by atoms with E-state index in [4.69, 9.17) is 24.2 Å². The van der Waals surface area contributed by atoms with Crippen LogP contribution in [0.3, 0.4) is 0 Å². The highest BCUT2D eigenvalue weighted by atomic mass is 16.5. The number of nitrogens with zero attached hydrogens (tertiary/aromatic N) is 3. The zero-order chi connectivity index (χ0) is 23.4. The highest BCUT2D eigenvalue weighted by molar-refractivity contribution is 5.70. The van der Waals surface area contributed by atoms with E-state index in [2.05, 4.69) is 10.2 Å². The Morgan fingerprint density at radius 3 is 2.52 bits per heavy atom. The van der Waals surface area contributed by atoms with Gasteiger partial charge in [0.1, 0.15) is 11.6 Å². The Bertz CT molecular complexity index is 1120. The number of anilines is 3. The number of aliphatic hydroxyl groups is 1. The first kappa shape index (κ1) is 22.6. The van der Waals surface area contributed by atoms with Crippen LogP contribution in [0, 0.1) is 0 Å². The number of rotatable bonds is 7. The van der Waals surface area contributed by atoms with Crippen LogP contribution in [0.5, 0.6) is 17.2 Å². The molecule has 0 saturated carbocycles. The van der Waals surface area contributed by atoms with Crippen LogP contribution in [0.4, 0.5) is 17.5 Å². The molecular weight excluding hydrogens is 424 g/mol. The number of hydrogen-bond donors (Lipinski definition) is 3. The van der Waals surface area contributed by atoms with E-state index in [0.717, 1.165) is 5.56 Å². The van der Waals surface area contributed by atoms with E-state index in [1.807, 2.05) is 12.1 Å².